The van der Waals surface area contributed by atoms with Crippen LogP contribution in [0.3, 0.4) is 0 Å². The van der Waals surface area contributed by atoms with Crippen LogP contribution in [0.5, 0.6) is 0 Å². The standard InChI is InChI=1S/C21H26N4O/c1-21(2,3)26-15-17-7-4-6-16(10-17)11-23-13-19-14-24-25-20(19)18-8-5-9-22-12-18/h4-10,12,14,23H,11,13,15H2,1-3H3,(H,24,25). The lowest BCUT2D eigenvalue weighted by molar-refractivity contribution is -0.0149. The maximum Gasteiger partial charge on any atom is 0.0724 e. The van der Waals surface area contributed by atoms with Gasteiger partial charge < -0.3 is 10.1 Å². The first-order valence-corrected chi connectivity index (χ1v) is 8.86. The minimum Gasteiger partial charge on any atom is -0.371 e. The summed E-state index contributed by atoms with van der Waals surface area (Å²) in [5, 5.41) is 10.7. The number of nitrogens with one attached hydrogen (secondary N) is 2. The third-order valence-corrected chi connectivity index (χ3v) is 3.98. The molecule has 0 spiro atoms. The molecule has 0 aliphatic heterocycles. The van der Waals surface area contributed by atoms with Crippen molar-refractivity contribution in [2.75, 3.05) is 0 Å². The number of ether oxygens (including phenoxy) is 1. The van der Waals surface area contributed by atoms with Gasteiger partial charge in [-0.3, -0.25) is 10.1 Å². The van der Waals surface area contributed by atoms with E-state index in [1.54, 1.807) is 6.20 Å². The van der Waals surface area contributed by atoms with E-state index in [0.717, 1.165) is 29.9 Å². The summed E-state index contributed by atoms with van der Waals surface area (Å²) in [4.78, 5) is 4.17. The van der Waals surface area contributed by atoms with E-state index in [1.807, 2.05) is 24.5 Å². The number of hydrogen-bond donors (Lipinski definition) is 2. The molecule has 0 amide bonds. The van der Waals surface area contributed by atoms with Crippen LogP contribution in [0.2, 0.25) is 0 Å². The first-order valence-electron chi connectivity index (χ1n) is 8.86. The summed E-state index contributed by atoms with van der Waals surface area (Å²) in [6, 6.07) is 12.5. The molecule has 0 saturated carbocycles. The number of benzene rings is 1. The van der Waals surface area contributed by atoms with E-state index in [0.29, 0.717) is 6.61 Å². The van der Waals surface area contributed by atoms with Crippen molar-refractivity contribution in [3.63, 3.8) is 0 Å². The third-order valence-electron chi connectivity index (χ3n) is 3.98. The summed E-state index contributed by atoms with van der Waals surface area (Å²) >= 11 is 0. The van der Waals surface area contributed by atoms with Gasteiger partial charge in [0.2, 0.25) is 0 Å². The average Bonchev–Trinajstić information content (AvgIpc) is 3.09. The molecule has 0 unspecified atom stereocenters. The predicted molar refractivity (Wildman–Crippen MR) is 103 cm³/mol. The van der Waals surface area contributed by atoms with E-state index in [2.05, 4.69) is 65.5 Å². The van der Waals surface area contributed by atoms with Crippen molar-refractivity contribution in [1.29, 1.82) is 0 Å². The Balaban J connectivity index is 1.57. The lowest BCUT2D eigenvalue weighted by Crippen LogP contribution is -2.18. The normalized spacial score (nSPS) is 11.7. The van der Waals surface area contributed by atoms with Gasteiger partial charge in [0.1, 0.15) is 0 Å². The highest BCUT2D eigenvalue weighted by Gasteiger charge is 2.10. The number of nitrogens with zero attached hydrogens (tertiary/aromatic N) is 2. The van der Waals surface area contributed by atoms with E-state index in [4.69, 9.17) is 4.74 Å². The maximum atomic E-state index is 5.86. The van der Waals surface area contributed by atoms with Crippen molar-refractivity contribution in [1.82, 2.24) is 20.5 Å². The summed E-state index contributed by atoms with van der Waals surface area (Å²) < 4.78 is 5.86. The molecule has 0 fully saturated rings. The monoisotopic (exact) mass is 350 g/mol. The van der Waals surface area contributed by atoms with Gasteiger partial charge >= 0.3 is 0 Å². The van der Waals surface area contributed by atoms with Crippen LogP contribution < -0.4 is 5.32 Å². The van der Waals surface area contributed by atoms with Crippen LogP contribution in [0.25, 0.3) is 11.3 Å². The lowest BCUT2D eigenvalue weighted by Gasteiger charge is -2.19. The fourth-order valence-corrected chi connectivity index (χ4v) is 2.68. The minimum atomic E-state index is -0.127. The quantitative estimate of drug-likeness (QED) is 0.674. The van der Waals surface area contributed by atoms with Crippen LogP contribution in [-0.4, -0.2) is 20.8 Å². The molecule has 0 radical (unpaired) electrons. The van der Waals surface area contributed by atoms with Crippen molar-refractivity contribution in [2.24, 2.45) is 0 Å². The van der Waals surface area contributed by atoms with Crippen LogP contribution >= 0.6 is 0 Å². The van der Waals surface area contributed by atoms with Crippen molar-refractivity contribution in [3.05, 3.63) is 71.7 Å². The number of hydrogen-bond acceptors (Lipinski definition) is 4. The summed E-state index contributed by atoms with van der Waals surface area (Å²) in [7, 11) is 0. The molecule has 0 saturated heterocycles. The van der Waals surface area contributed by atoms with Gasteiger partial charge in [0.05, 0.1) is 24.1 Å². The zero-order valence-electron chi connectivity index (χ0n) is 15.6. The Morgan fingerprint density at radius 3 is 2.65 bits per heavy atom. The maximum absolute atomic E-state index is 5.86. The molecule has 0 aliphatic carbocycles. The van der Waals surface area contributed by atoms with Crippen molar-refractivity contribution >= 4 is 0 Å². The lowest BCUT2D eigenvalue weighted by atomic mass is 10.1. The Hall–Kier alpha value is -2.50. The fourth-order valence-electron chi connectivity index (χ4n) is 2.68. The van der Waals surface area contributed by atoms with Crippen molar-refractivity contribution in [2.45, 2.75) is 46.1 Å². The summed E-state index contributed by atoms with van der Waals surface area (Å²) in [6.07, 6.45) is 5.48. The van der Waals surface area contributed by atoms with E-state index >= 15 is 0 Å². The first-order chi connectivity index (χ1) is 12.5. The van der Waals surface area contributed by atoms with E-state index in [9.17, 15) is 0 Å². The second-order valence-corrected chi connectivity index (χ2v) is 7.34. The number of rotatable bonds is 7. The molecule has 136 valence electrons. The number of aromatic nitrogens is 3. The SMILES string of the molecule is CC(C)(C)OCc1cccc(CNCc2cn[nH]c2-c2cccnc2)c1. The minimum absolute atomic E-state index is 0.127. The Labute approximate surface area is 154 Å². The summed E-state index contributed by atoms with van der Waals surface area (Å²) in [5.41, 5.74) is 5.49. The molecule has 26 heavy (non-hydrogen) atoms. The van der Waals surface area contributed by atoms with Gasteiger partial charge in [0, 0.05) is 36.6 Å². The van der Waals surface area contributed by atoms with Gasteiger partial charge in [-0.2, -0.15) is 5.10 Å². The molecule has 2 aromatic heterocycles. The second kappa shape index (κ2) is 8.25. The van der Waals surface area contributed by atoms with Crippen LogP contribution in [0.15, 0.2) is 55.0 Å². The largest absolute Gasteiger partial charge is 0.371 e. The summed E-state index contributed by atoms with van der Waals surface area (Å²) in [6.45, 7) is 8.38. The third kappa shape index (κ3) is 5.25. The number of pyridine rings is 1. The zero-order chi connectivity index (χ0) is 18.4. The van der Waals surface area contributed by atoms with Crippen LogP contribution in [-0.2, 0) is 24.4 Å². The molecule has 0 aliphatic rings. The van der Waals surface area contributed by atoms with Crippen molar-refractivity contribution < 1.29 is 4.74 Å². The van der Waals surface area contributed by atoms with Gasteiger partial charge in [-0.05, 0) is 44.0 Å². The molecule has 2 heterocycles. The Kier molecular flexibility index (Phi) is 5.81. The molecular weight excluding hydrogens is 324 g/mol. The van der Waals surface area contributed by atoms with Crippen LogP contribution in [0.1, 0.15) is 37.5 Å². The zero-order valence-corrected chi connectivity index (χ0v) is 15.6. The molecule has 0 bridgehead atoms. The number of aromatic amines is 1. The predicted octanol–water partition coefficient (Wildman–Crippen LogP) is 4.08. The second-order valence-electron chi connectivity index (χ2n) is 7.34. The molecule has 3 rings (SSSR count). The molecule has 0 atom stereocenters. The van der Waals surface area contributed by atoms with E-state index < -0.39 is 0 Å². The highest BCUT2D eigenvalue weighted by atomic mass is 16.5. The van der Waals surface area contributed by atoms with Crippen LogP contribution in [0, 0.1) is 0 Å². The van der Waals surface area contributed by atoms with Gasteiger partial charge in [0.25, 0.3) is 0 Å². The topological polar surface area (TPSA) is 62.8 Å². The Morgan fingerprint density at radius 2 is 1.88 bits per heavy atom. The molecule has 2 N–H and O–H groups in total. The Bertz CT molecular complexity index is 821. The number of H-pyrrole nitrogens is 1. The van der Waals surface area contributed by atoms with Gasteiger partial charge in [-0.25, -0.2) is 0 Å². The molecule has 3 aromatic rings. The highest BCUT2D eigenvalue weighted by Crippen LogP contribution is 2.19. The Morgan fingerprint density at radius 1 is 1.04 bits per heavy atom. The molecule has 1 aromatic carbocycles. The van der Waals surface area contributed by atoms with Gasteiger partial charge in [-0.15, -0.1) is 0 Å². The van der Waals surface area contributed by atoms with Crippen LogP contribution in [0.4, 0.5) is 0 Å². The molecule has 5 nitrogen and oxygen atoms in total. The molecular formula is C21H26N4O. The van der Waals surface area contributed by atoms with E-state index in [1.165, 1.54) is 11.1 Å². The first kappa shape index (κ1) is 18.3. The van der Waals surface area contributed by atoms with Gasteiger partial charge in [0.15, 0.2) is 0 Å². The van der Waals surface area contributed by atoms with E-state index in [-0.39, 0.29) is 5.60 Å². The average molecular weight is 350 g/mol. The molecule has 5 heteroatoms. The smallest absolute Gasteiger partial charge is 0.0724 e. The summed E-state index contributed by atoms with van der Waals surface area (Å²) in [5.74, 6) is 0. The van der Waals surface area contributed by atoms with Gasteiger partial charge in [-0.1, -0.05) is 24.3 Å². The van der Waals surface area contributed by atoms with Crippen molar-refractivity contribution in [3.8, 4) is 11.3 Å². The highest BCUT2D eigenvalue weighted by molar-refractivity contribution is 5.61. The fraction of sp³-hybridized carbons (Fsp3) is 0.333.